The van der Waals surface area contributed by atoms with Crippen LogP contribution in [0.3, 0.4) is 0 Å². The van der Waals surface area contributed by atoms with Crippen LogP contribution in [0.15, 0.2) is 18.2 Å². The molecule has 0 aromatic heterocycles. The highest BCUT2D eigenvalue weighted by atomic mass is 35.5. The second-order valence-corrected chi connectivity index (χ2v) is 3.34. The Kier molecular flexibility index (Phi) is 3.73. The summed E-state index contributed by atoms with van der Waals surface area (Å²) in [6, 6.07) is 6.55. The fourth-order valence-corrected chi connectivity index (χ4v) is 1.24. The smallest absolute Gasteiger partial charge is 0.141 e. The van der Waals surface area contributed by atoms with Gasteiger partial charge in [0.2, 0.25) is 0 Å². The van der Waals surface area contributed by atoms with Crippen molar-refractivity contribution in [1.29, 1.82) is 5.26 Å². The number of anilines is 1. The lowest BCUT2D eigenvalue weighted by Gasteiger charge is -2.17. The number of hydrogen-bond acceptors (Lipinski definition) is 2. The monoisotopic (exact) mass is 212 g/mol. The summed E-state index contributed by atoms with van der Waals surface area (Å²) >= 11 is 5.63. The molecule has 4 heteroatoms. The van der Waals surface area contributed by atoms with Crippen molar-refractivity contribution in [2.75, 3.05) is 18.5 Å². The molecule has 0 radical (unpaired) electrons. The molecule has 0 bridgehead atoms. The van der Waals surface area contributed by atoms with Gasteiger partial charge in [-0.25, -0.2) is 4.39 Å². The number of rotatable bonds is 3. The Morgan fingerprint density at radius 3 is 2.86 bits per heavy atom. The van der Waals surface area contributed by atoms with E-state index in [0.29, 0.717) is 13.0 Å². The van der Waals surface area contributed by atoms with E-state index in [2.05, 4.69) is 0 Å². The van der Waals surface area contributed by atoms with Gasteiger partial charge >= 0.3 is 0 Å². The van der Waals surface area contributed by atoms with Crippen molar-refractivity contribution in [3.8, 4) is 6.07 Å². The molecule has 0 amide bonds. The molecule has 1 rings (SSSR count). The molecule has 1 aromatic rings. The second-order valence-electron chi connectivity index (χ2n) is 2.93. The van der Waals surface area contributed by atoms with Crippen LogP contribution in [-0.2, 0) is 0 Å². The van der Waals surface area contributed by atoms with Crippen LogP contribution in [0.5, 0.6) is 0 Å². The van der Waals surface area contributed by atoms with Gasteiger partial charge in [0.05, 0.1) is 17.5 Å². The molecule has 0 saturated heterocycles. The predicted molar refractivity (Wildman–Crippen MR) is 54.9 cm³/mol. The van der Waals surface area contributed by atoms with Gasteiger partial charge in [-0.05, 0) is 18.2 Å². The average Bonchev–Trinajstić information content (AvgIpc) is 2.18. The summed E-state index contributed by atoms with van der Waals surface area (Å²) in [6.07, 6.45) is 0.436. The van der Waals surface area contributed by atoms with E-state index in [-0.39, 0.29) is 5.02 Å². The van der Waals surface area contributed by atoms with Gasteiger partial charge in [-0.2, -0.15) is 5.26 Å². The van der Waals surface area contributed by atoms with E-state index in [1.54, 1.807) is 12.1 Å². The van der Waals surface area contributed by atoms with Crippen molar-refractivity contribution >= 4 is 17.3 Å². The minimum absolute atomic E-state index is 0.103. The van der Waals surface area contributed by atoms with Crippen LogP contribution in [0.25, 0.3) is 0 Å². The van der Waals surface area contributed by atoms with E-state index >= 15 is 0 Å². The molecule has 1 aromatic carbocycles. The number of hydrogen-bond donors (Lipinski definition) is 0. The Hall–Kier alpha value is -1.27. The Balaban J connectivity index is 2.76. The first kappa shape index (κ1) is 10.8. The first-order chi connectivity index (χ1) is 6.65. The zero-order chi connectivity index (χ0) is 10.6. The quantitative estimate of drug-likeness (QED) is 0.771. The van der Waals surface area contributed by atoms with Gasteiger partial charge in [0.15, 0.2) is 0 Å². The first-order valence-electron chi connectivity index (χ1n) is 4.18. The minimum atomic E-state index is -0.427. The van der Waals surface area contributed by atoms with E-state index in [0.717, 1.165) is 5.69 Å². The lowest BCUT2D eigenvalue weighted by atomic mass is 10.3. The van der Waals surface area contributed by atoms with Crippen molar-refractivity contribution in [2.45, 2.75) is 6.42 Å². The Morgan fingerprint density at radius 1 is 1.57 bits per heavy atom. The number of benzene rings is 1. The molecule has 0 aliphatic rings. The van der Waals surface area contributed by atoms with Gasteiger partial charge in [0, 0.05) is 19.3 Å². The molecule has 0 spiro atoms. The third-order valence-electron chi connectivity index (χ3n) is 1.90. The Bertz CT molecular complexity index is 360. The van der Waals surface area contributed by atoms with Crippen LogP contribution in [0.1, 0.15) is 6.42 Å². The highest BCUT2D eigenvalue weighted by molar-refractivity contribution is 6.31. The standard InChI is InChI=1S/C10H10ClFN2/c1-14(6-2-5-13)8-3-4-10(12)9(11)7-8/h3-4,7H,2,6H2,1H3. The van der Waals surface area contributed by atoms with Gasteiger partial charge in [-0.1, -0.05) is 11.6 Å². The largest absolute Gasteiger partial charge is 0.374 e. The molecule has 0 atom stereocenters. The van der Waals surface area contributed by atoms with Gasteiger partial charge < -0.3 is 4.90 Å². The lowest BCUT2D eigenvalue weighted by molar-refractivity contribution is 0.628. The molecule has 74 valence electrons. The van der Waals surface area contributed by atoms with Crippen LogP contribution in [0.2, 0.25) is 5.02 Å². The van der Waals surface area contributed by atoms with Crippen LogP contribution >= 0.6 is 11.6 Å². The molecule has 0 saturated carbocycles. The minimum Gasteiger partial charge on any atom is -0.374 e. The predicted octanol–water partition coefficient (Wildman–Crippen LogP) is 2.83. The van der Waals surface area contributed by atoms with Crippen LogP contribution in [0, 0.1) is 17.1 Å². The third kappa shape index (κ3) is 2.61. The summed E-state index contributed by atoms with van der Waals surface area (Å²) in [5.41, 5.74) is 0.812. The number of halogens is 2. The topological polar surface area (TPSA) is 27.0 Å². The van der Waals surface area contributed by atoms with Crippen molar-refractivity contribution in [1.82, 2.24) is 0 Å². The zero-order valence-electron chi connectivity index (χ0n) is 7.80. The van der Waals surface area contributed by atoms with Gasteiger partial charge in [-0.15, -0.1) is 0 Å². The van der Waals surface area contributed by atoms with Crippen molar-refractivity contribution in [3.05, 3.63) is 29.0 Å². The third-order valence-corrected chi connectivity index (χ3v) is 2.19. The molecule has 14 heavy (non-hydrogen) atoms. The Labute approximate surface area is 87.5 Å². The fourth-order valence-electron chi connectivity index (χ4n) is 1.07. The molecule has 0 N–H and O–H groups in total. The fraction of sp³-hybridized carbons (Fsp3) is 0.300. The SMILES string of the molecule is CN(CCC#N)c1ccc(F)c(Cl)c1. The van der Waals surface area contributed by atoms with Crippen LogP contribution in [0.4, 0.5) is 10.1 Å². The number of nitrogens with zero attached hydrogens (tertiary/aromatic N) is 2. The molecule has 2 nitrogen and oxygen atoms in total. The summed E-state index contributed by atoms with van der Waals surface area (Å²) in [5.74, 6) is -0.427. The maximum atomic E-state index is 12.8. The van der Waals surface area contributed by atoms with Crippen molar-refractivity contribution < 1.29 is 4.39 Å². The first-order valence-corrected chi connectivity index (χ1v) is 4.56. The van der Waals surface area contributed by atoms with Crippen LogP contribution in [-0.4, -0.2) is 13.6 Å². The molecule has 0 fully saturated rings. The van der Waals surface area contributed by atoms with E-state index in [9.17, 15) is 4.39 Å². The summed E-state index contributed by atoms with van der Waals surface area (Å²) < 4.78 is 12.8. The molecular weight excluding hydrogens is 203 g/mol. The van der Waals surface area contributed by atoms with E-state index in [4.69, 9.17) is 16.9 Å². The second kappa shape index (κ2) is 4.83. The molecule has 0 aliphatic heterocycles. The highest BCUT2D eigenvalue weighted by Gasteiger charge is 2.04. The lowest BCUT2D eigenvalue weighted by Crippen LogP contribution is -2.17. The Morgan fingerprint density at radius 2 is 2.29 bits per heavy atom. The highest BCUT2D eigenvalue weighted by Crippen LogP contribution is 2.21. The maximum Gasteiger partial charge on any atom is 0.141 e. The average molecular weight is 213 g/mol. The molecule has 0 unspecified atom stereocenters. The number of nitriles is 1. The molecule has 0 aliphatic carbocycles. The summed E-state index contributed by atoms with van der Waals surface area (Å²) in [6.45, 7) is 0.610. The van der Waals surface area contributed by atoms with Gasteiger partial charge in [-0.3, -0.25) is 0 Å². The molecule has 0 heterocycles. The summed E-state index contributed by atoms with van der Waals surface area (Å²) in [7, 11) is 1.83. The molecular formula is C10H10ClFN2. The van der Waals surface area contributed by atoms with E-state index < -0.39 is 5.82 Å². The van der Waals surface area contributed by atoms with E-state index in [1.807, 2.05) is 18.0 Å². The maximum absolute atomic E-state index is 12.8. The summed E-state index contributed by atoms with van der Waals surface area (Å²) in [4.78, 5) is 1.86. The summed E-state index contributed by atoms with van der Waals surface area (Å²) in [5, 5.41) is 8.50. The van der Waals surface area contributed by atoms with Crippen molar-refractivity contribution in [3.63, 3.8) is 0 Å². The van der Waals surface area contributed by atoms with E-state index in [1.165, 1.54) is 6.07 Å². The normalized spacial score (nSPS) is 9.57. The van der Waals surface area contributed by atoms with Gasteiger partial charge in [0.25, 0.3) is 0 Å². The van der Waals surface area contributed by atoms with Crippen molar-refractivity contribution in [2.24, 2.45) is 0 Å². The van der Waals surface area contributed by atoms with Gasteiger partial charge in [0.1, 0.15) is 5.82 Å². The zero-order valence-corrected chi connectivity index (χ0v) is 8.55. The van der Waals surface area contributed by atoms with Crippen LogP contribution < -0.4 is 4.90 Å².